The molecule has 0 bridgehead atoms. The Morgan fingerprint density at radius 1 is 1.25 bits per heavy atom. The van der Waals surface area contributed by atoms with Gasteiger partial charge in [0.1, 0.15) is 17.9 Å². The number of nitrogens with zero attached hydrogens (tertiary/aromatic N) is 1. The molecular weight excluding hydrogens is 388 g/mol. The van der Waals surface area contributed by atoms with Crippen LogP contribution in [0.1, 0.15) is 28.4 Å². The lowest BCUT2D eigenvalue weighted by Crippen LogP contribution is -2.09. The summed E-state index contributed by atoms with van der Waals surface area (Å²) in [4.78, 5) is 34.4. The van der Waals surface area contributed by atoms with Gasteiger partial charge in [-0.2, -0.15) is 0 Å². The van der Waals surface area contributed by atoms with Gasteiger partial charge in [-0.15, -0.1) is 0 Å². The van der Waals surface area contributed by atoms with Crippen molar-refractivity contribution in [1.82, 2.24) is 0 Å². The molecule has 0 fully saturated rings. The first-order chi connectivity index (χ1) is 13.3. The van der Waals surface area contributed by atoms with Gasteiger partial charge < -0.3 is 14.9 Å². The van der Waals surface area contributed by atoms with Crippen molar-refractivity contribution in [2.45, 2.75) is 20.0 Å². The second-order valence-electron chi connectivity index (χ2n) is 5.99. The van der Waals surface area contributed by atoms with Crippen LogP contribution in [0.15, 0.2) is 45.6 Å². The molecule has 2 aromatic carbocycles. The number of rotatable bonds is 5. The SMILES string of the molecule is CCc1cc2oc(=O)cc(COC(=O)c3ccc(N)c([N+](=O)[O-])c3)c2cc1Cl. The van der Waals surface area contributed by atoms with Crippen molar-refractivity contribution in [3.05, 3.63) is 78.6 Å². The van der Waals surface area contributed by atoms with Crippen LogP contribution in [0, 0.1) is 10.1 Å². The van der Waals surface area contributed by atoms with E-state index in [-0.39, 0.29) is 23.5 Å². The Morgan fingerprint density at radius 3 is 2.68 bits per heavy atom. The summed E-state index contributed by atoms with van der Waals surface area (Å²) >= 11 is 6.23. The first kappa shape index (κ1) is 19.4. The number of nitrogens with two attached hydrogens (primary N) is 1. The van der Waals surface area contributed by atoms with Gasteiger partial charge in [0.05, 0.1) is 10.5 Å². The van der Waals surface area contributed by atoms with Gasteiger partial charge in [-0.05, 0) is 36.2 Å². The fourth-order valence-corrected chi connectivity index (χ4v) is 3.03. The number of hydrogen-bond donors (Lipinski definition) is 1. The van der Waals surface area contributed by atoms with Crippen LogP contribution in [0.5, 0.6) is 0 Å². The summed E-state index contributed by atoms with van der Waals surface area (Å²) in [6.07, 6.45) is 0.660. The fourth-order valence-electron chi connectivity index (χ4n) is 2.73. The molecule has 28 heavy (non-hydrogen) atoms. The van der Waals surface area contributed by atoms with Crippen molar-refractivity contribution in [2.75, 3.05) is 5.73 Å². The van der Waals surface area contributed by atoms with Crippen molar-refractivity contribution in [3.8, 4) is 0 Å². The molecule has 0 radical (unpaired) electrons. The number of nitro benzene ring substituents is 1. The van der Waals surface area contributed by atoms with E-state index in [1.54, 1.807) is 12.1 Å². The van der Waals surface area contributed by atoms with Gasteiger partial charge in [0, 0.05) is 28.1 Å². The first-order valence-corrected chi connectivity index (χ1v) is 8.64. The van der Waals surface area contributed by atoms with Crippen LogP contribution in [0.2, 0.25) is 5.02 Å². The summed E-state index contributed by atoms with van der Waals surface area (Å²) < 4.78 is 10.4. The van der Waals surface area contributed by atoms with E-state index in [2.05, 4.69) is 0 Å². The quantitative estimate of drug-likeness (QED) is 0.226. The van der Waals surface area contributed by atoms with E-state index in [1.165, 1.54) is 18.2 Å². The molecule has 8 nitrogen and oxygen atoms in total. The van der Waals surface area contributed by atoms with Gasteiger partial charge in [-0.25, -0.2) is 9.59 Å². The first-order valence-electron chi connectivity index (χ1n) is 8.26. The van der Waals surface area contributed by atoms with E-state index >= 15 is 0 Å². The predicted octanol–water partition coefficient (Wildman–Crippen LogP) is 3.86. The Morgan fingerprint density at radius 2 is 2.00 bits per heavy atom. The second-order valence-corrected chi connectivity index (χ2v) is 6.40. The number of ether oxygens (including phenoxy) is 1. The number of benzene rings is 2. The Bertz CT molecular complexity index is 1160. The number of carbonyl (C=O) groups excluding carboxylic acids is 1. The smallest absolute Gasteiger partial charge is 0.338 e. The molecule has 0 aliphatic rings. The van der Waals surface area contributed by atoms with Gasteiger partial charge in [0.15, 0.2) is 0 Å². The van der Waals surface area contributed by atoms with E-state index in [4.69, 9.17) is 26.5 Å². The number of carbonyl (C=O) groups is 1. The van der Waals surface area contributed by atoms with E-state index in [1.807, 2.05) is 6.92 Å². The van der Waals surface area contributed by atoms with Gasteiger partial charge >= 0.3 is 11.6 Å². The molecule has 2 N–H and O–H groups in total. The molecule has 1 heterocycles. The third kappa shape index (κ3) is 3.81. The zero-order chi connectivity index (χ0) is 20.4. The highest BCUT2D eigenvalue weighted by atomic mass is 35.5. The van der Waals surface area contributed by atoms with Crippen molar-refractivity contribution < 1.29 is 18.9 Å². The number of aryl methyl sites for hydroxylation is 1. The van der Waals surface area contributed by atoms with Gasteiger partial charge in [0.2, 0.25) is 0 Å². The molecule has 0 spiro atoms. The van der Waals surface area contributed by atoms with Crippen LogP contribution in [-0.4, -0.2) is 10.9 Å². The zero-order valence-corrected chi connectivity index (χ0v) is 15.5. The Balaban J connectivity index is 1.90. The lowest BCUT2D eigenvalue weighted by atomic mass is 10.1. The average Bonchev–Trinajstić information content (AvgIpc) is 2.65. The van der Waals surface area contributed by atoms with Crippen LogP contribution < -0.4 is 11.4 Å². The average molecular weight is 403 g/mol. The summed E-state index contributed by atoms with van der Waals surface area (Å²) in [6.45, 7) is 1.68. The van der Waals surface area contributed by atoms with Gasteiger partial charge in [-0.1, -0.05) is 18.5 Å². The molecule has 0 aliphatic heterocycles. The molecule has 144 valence electrons. The maximum atomic E-state index is 12.3. The summed E-state index contributed by atoms with van der Waals surface area (Å²) in [5, 5.41) is 12.0. The largest absolute Gasteiger partial charge is 0.457 e. The number of halogens is 1. The number of nitrogen functional groups attached to an aromatic ring is 1. The molecule has 3 rings (SSSR count). The number of hydrogen-bond acceptors (Lipinski definition) is 7. The van der Waals surface area contributed by atoms with Crippen LogP contribution in [-0.2, 0) is 17.8 Å². The molecule has 0 aliphatic carbocycles. The molecule has 0 amide bonds. The Labute approximate surface area is 163 Å². The number of fused-ring (bicyclic) bond motifs is 1. The van der Waals surface area contributed by atoms with Crippen LogP contribution in [0.3, 0.4) is 0 Å². The van der Waals surface area contributed by atoms with Crippen LogP contribution >= 0.6 is 11.6 Å². The number of nitro groups is 1. The predicted molar refractivity (Wildman–Crippen MR) is 104 cm³/mol. The number of esters is 1. The van der Waals surface area contributed by atoms with Crippen molar-refractivity contribution in [1.29, 1.82) is 0 Å². The van der Waals surface area contributed by atoms with Crippen LogP contribution in [0.25, 0.3) is 11.0 Å². The Kier molecular flexibility index (Phi) is 5.32. The van der Waals surface area contributed by atoms with Crippen molar-refractivity contribution in [3.63, 3.8) is 0 Å². The zero-order valence-electron chi connectivity index (χ0n) is 14.7. The number of anilines is 1. The second kappa shape index (κ2) is 7.69. The fraction of sp³-hybridized carbons (Fsp3) is 0.158. The molecule has 9 heteroatoms. The minimum atomic E-state index is -0.791. The molecular formula is C19H15ClN2O6. The highest BCUT2D eigenvalue weighted by Crippen LogP contribution is 2.27. The molecule has 3 aromatic rings. The molecule has 1 aromatic heterocycles. The lowest BCUT2D eigenvalue weighted by molar-refractivity contribution is -0.383. The molecule has 0 saturated heterocycles. The maximum Gasteiger partial charge on any atom is 0.338 e. The minimum absolute atomic E-state index is 0.0283. The van der Waals surface area contributed by atoms with Gasteiger partial charge in [0.25, 0.3) is 5.69 Å². The minimum Gasteiger partial charge on any atom is -0.457 e. The van der Waals surface area contributed by atoms with Crippen LogP contribution in [0.4, 0.5) is 11.4 Å². The normalized spacial score (nSPS) is 10.8. The summed E-state index contributed by atoms with van der Waals surface area (Å²) in [7, 11) is 0. The van der Waals surface area contributed by atoms with Gasteiger partial charge in [-0.3, -0.25) is 10.1 Å². The third-order valence-electron chi connectivity index (χ3n) is 4.20. The van der Waals surface area contributed by atoms with Crippen molar-refractivity contribution in [2.24, 2.45) is 0 Å². The molecule has 0 saturated carbocycles. The van der Waals surface area contributed by atoms with E-state index in [9.17, 15) is 19.7 Å². The Hall–Kier alpha value is -3.39. The lowest BCUT2D eigenvalue weighted by Gasteiger charge is -2.09. The molecule has 0 atom stereocenters. The maximum absolute atomic E-state index is 12.3. The standard InChI is InChI=1S/C19H15ClN2O6/c1-2-10-6-17-13(8-14(10)20)12(7-18(23)28-17)9-27-19(24)11-3-4-15(21)16(5-11)22(25)26/h3-8H,2,9,21H2,1H3. The molecule has 0 unspecified atom stereocenters. The highest BCUT2D eigenvalue weighted by Gasteiger charge is 2.17. The summed E-state index contributed by atoms with van der Waals surface area (Å²) in [5.41, 5.74) is 6.02. The summed E-state index contributed by atoms with van der Waals surface area (Å²) in [5.74, 6) is -0.791. The van der Waals surface area contributed by atoms with Crippen molar-refractivity contribution >= 4 is 39.9 Å². The third-order valence-corrected chi connectivity index (χ3v) is 4.55. The van der Waals surface area contributed by atoms with E-state index in [0.29, 0.717) is 28.0 Å². The highest BCUT2D eigenvalue weighted by molar-refractivity contribution is 6.32. The monoisotopic (exact) mass is 402 g/mol. The van der Waals surface area contributed by atoms with E-state index < -0.39 is 16.5 Å². The summed E-state index contributed by atoms with van der Waals surface area (Å²) in [6, 6.07) is 8.16. The topological polar surface area (TPSA) is 126 Å². The van der Waals surface area contributed by atoms with E-state index in [0.717, 1.165) is 11.6 Å².